The third-order valence-corrected chi connectivity index (χ3v) is 6.61. The van der Waals surface area contributed by atoms with Crippen molar-refractivity contribution in [1.82, 2.24) is 20.2 Å². The van der Waals surface area contributed by atoms with Crippen LogP contribution in [0.25, 0.3) is 32.1 Å². The first kappa shape index (κ1) is 20.6. The lowest BCUT2D eigenvalue weighted by Gasteiger charge is -2.05. The first-order chi connectivity index (χ1) is 15.4. The standard InChI is InChI=1S/C21H10F4N4OS2/c22-14-7-3-11(4-8-14)16-9-15-17(31-16)19(27-10-26-15)32-20-29-28-18(30-20)12-1-5-13(6-2-12)21(23,24)25/h1-10H. The Morgan fingerprint density at radius 3 is 2.31 bits per heavy atom. The maximum Gasteiger partial charge on any atom is 0.416 e. The zero-order valence-electron chi connectivity index (χ0n) is 15.8. The zero-order chi connectivity index (χ0) is 22.3. The Bertz CT molecular complexity index is 1400. The molecule has 2 aromatic carbocycles. The predicted octanol–water partition coefficient (Wildman–Crippen LogP) is 6.72. The Balaban J connectivity index is 1.42. The van der Waals surface area contributed by atoms with Gasteiger partial charge in [0.1, 0.15) is 17.2 Å². The third-order valence-electron chi connectivity index (χ3n) is 4.46. The minimum atomic E-state index is -4.42. The van der Waals surface area contributed by atoms with Crippen LogP contribution in [0.2, 0.25) is 0 Å². The first-order valence-corrected chi connectivity index (χ1v) is 10.7. The van der Waals surface area contributed by atoms with Gasteiger partial charge in [-0.3, -0.25) is 0 Å². The molecule has 3 aromatic heterocycles. The molecular weight excluding hydrogens is 464 g/mol. The van der Waals surface area contributed by atoms with E-state index in [0.717, 1.165) is 39.0 Å². The molecule has 0 fully saturated rings. The van der Waals surface area contributed by atoms with Crippen molar-refractivity contribution in [2.45, 2.75) is 16.4 Å². The van der Waals surface area contributed by atoms with Crippen molar-refractivity contribution in [3.63, 3.8) is 0 Å². The molecule has 3 heterocycles. The van der Waals surface area contributed by atoms with Crippen LogP contribution in [-0.2, 0) is 6.18 Å². The van der Waals surface area contributed by atoms with E-state index in [1.54, 1.807) is 12.1 Å². The summed E-state index contributed by atoms with van der Waals surface area (Å²) in [5, 5.41) is 8.67. The second kappa shape index (κ2) is 7.99. The van der Waals surface area contributed by atoms with Crippen LogP contribution < -0.4 is 0 Å². The summed E-state index contributed by atoms with van der Waals surface area (Å²) >= 11 is 2.57. The number of benzene rings is 2. The van der Waals surface area contributed by atoms with Gasteiger partial charge in [0.25, 0.3) is 5.22 Å². The highest BCUT2D eigenvalue weighted by molar-refractivity contribution is 7.99. The fourth-order valence-electron chi connectivity index (χ4n) is 2.91. The molecule has 0 aliphatic carbocycles. The van der Waals surface area contributed by atoms with E-state index in [0.29, 0.717) is 16.1 Å². The van der Waals surface area contributed by atoms with Crippen LogP contribution in [-0.4, -0.2) is 20.2 Å². The highest BCUT2D eigenvalue weighted by atomic mass is 32.2. The van der Waals surface area contributed by atoms with Crippen molar-refractivity contribution < 1.29 is 22.0 Å². The van der Waals surface area contributed by atoms with Gasteiger partial charge in [-0.25, -0.2) is 14.4 Å². The Hall–Kier alpha value is -3.31. The lowest BCUT2D eigenvalue weighted by Crippen LogP contribution is -2.03. The first-order valence-electron chi connectivity index (χ1n) is 9.06. The Kier molecular flexibility index (Phi) is 5.14. The summed E-state index contributed by atoms with van der Waals surface area (Å²) in [4.78, 5) is 9.48. The maximum atomic E-state index is 13.2. The fraction of sp³-hybridized carbons (Fsp3) is 0.0476. The van der Waals surface area contributed by atoms with E-state index in [4.69, 9.17) is 4.42 Å². The monoisotopic (exact) mass is 474 g/mol. The second-order valence-electron chi connectivity index (χ2n) is 6.56. The normalized spacial score (nSPS) is 11.9. The van der Waals surface area contributed by atoms with Crippen LogP contribution in [0.3, 0.4) is 0 Å². The fourth-order valence-corrected chi connectivity index (χ4v) is 4.83. The van der Waals surface area contributed by atoms with E-state index in [1.165, 1.54) is 41.9 Å². The Morgan fingerprint density at radius 2 is 1.59 bits per heavy atom. The van der Waals surface area contributed by atoms with Crippen molar-refractivity contribution in [3.8, 4) is 21.9 Å². The highest BCUT2D eigenvalue weighted by Crippen LogP contribution is 2.39. The van der Waals surface area contributed by atoms with Crippen LogP contribution in [0.15, 0.2) is 75.6 Å². The van der Waals surface area contributed by atoms with Gasteiger partial charge in [-0.05, 0) is 59.8 Å². The van der Waals surface area contributed by atoms with Crippen LogP contribution >= 0.6 is 23.1 Å². The molecule has 5 aromatic rings. The van der Waals surface area contributed by atoms with E-state index in [1.807, 2.05) is 6.07 Å². The molecule has 0 atom stereocenters. The van der Waals surface area contributed by atoms with Crippen LogP contribution in [0.1, 0.15) is 5.56 Å². The van der Waals surface area contributed by atoms with Gasteiger partial charge < -0.3 is 4.42 Å². The molecule has 0 radical (unpaired) electrons. The van der Waals surface area contributed by atoms with E-state index in [9.17, 15) is 17.6 Å². The number of hydrogen-bond acceptors (Lipinski definition) is 7. The molecule has 160 valence electrons. The van der Waals surface area contributed by atoms with Crippen molar-refractivity contribution in [2.75, 3.05) is 0 Å². The smallest absolute Gasteiger partial charge is 0.411 e. The molecule has 5 rings (SSSR count). The van der Waals surface area contributed by atoms with E-state index >= 15 is 0 Å². The van der Waals surface area contributed by atoms with E-state index < -0.39 is 11.7 Å². The van der Waals surface area contributed by atoms with E-state index in [2.05, 4.69) is 20.2 Å². The van der Waals surface area contributed by atoms with Crippen molar-refractivity contribution >= 4 is 33.3 Å². The second-order valence-corrected chi connectivity index (χ2v) is 8.55. The van der Waals surface area contributed by atoms with Gasteiger partial charge >= 0.3 is 6.18 Å². The SMILES string of the molecule is Fc1ccc(-c2cc3ncnc(Sc4nnc(-c5ccc(C(F)(F)F)cc5)o4)c3s2)cc1. The number of fused-ring (bicyclic) bond motifs is 1. The number of aromatic nitrogens is 4. The number of halogens is 4. The predicted molar refractivity (Wildman–Crippen MR) is 112 cm³/mol. The van der Waals surface area contributed by atoms with Gasteiger partial charge in [-0.1, -0.05) is 12.1 Å². The number of thiophene rings is 1. The largest absolute Gasteiger partial charge is 0.416 e. The Labute approximate surface area is 186 Å². The summed E-state index contributed by atoms with van der Waals surface area (Å²) in [5.74, 6) is -0.212. The topological polar surface area (TPSA) is 64.7 Å². The maximum absolute atomic E-state index is 13.2. The van der Waals surface area contributed by atoms with Gasteiger partial charge in [-0.15, -0.1) is 21.5 Å². The minimum absolute atomic E-state index is 0.102. The molecule has 0 spiro atoms. The van der Waals surface area contributed by atoms with Gasteiger partial charge in [-0.2, -0.15) is 13.2 Å². The summed E-state index contributed by atoms with van der Waals surface area (Å²) in [7, 11) is 0. The van der Waals surface area contributed by atoms with Crippen molar-refractivity contribution in [3.05, 3.63) is 72.3 Å². The molecule has 0 N–H and O–H groups in total. The van der Waals surface area contributed by atoms with Gasteiger partial charge in [0, 0.05) is 10.4 Å². The van der Waals surface area contributed by atoms with Gasteiger partial charge in [0.05, 0.1) is 15.8 Å². The van der Waals surface area contributed by atoms with Crippen LogP contribution in [0.5, 0.6) is 0 Å². The molecule has 0 aliphatic heterocycles. The summed E-state index contributed by atoms with van der Waals surface area (Å²) in [6.45, 7) is 0. The zero-order valence-corrected chi connectivity index (χ0v) is 17.4. The summed E-state index contributed by atoms with van der Waals surface area (Å²) in [6.07, 6.45) is -3.00. The number of rotatable bonds is 4. The Morgan fingerprint density at radius 1 is 0.875 bits per heavy atom. The minimum Gasteiger partial charge on any atom is -0.411 e. The number of hydrogen-bond donors (Lipinski definition) is 0. The average molecular weight is 474 g/mol. The summed E-state index contributed by atoms with van der Waals surface area (Å²) < 4.78 is 57.9. The lowest BCUT2D eigenvalue weighted by molar-refractivity contribution is -0.137. The molecule has 32 heavy (non-hydrogen) atoms. The molecule has 0 saturated carbocycles. The molecular formula is C21H10F4N4OS2. The molecule has 0 aliphatic rings. The molecule has 11 heteroatoms. The molecule has 0 bridgehead atoms. The molecule has 0 amide bonds. The van der Waals surface area contributed by atoms with Gasteiger partial charge in [0.15, 0.2) is 0 Å². The highest BCUT2D eigenvalue weighted by Gasteiger charge is 2.30. The van der Waals surface area contributed by atoms with Crippen molar-refractivity contribution in [1.29, 1.82) is 0 Å². The third kappa shape index (κ3) is 4.08. The van der Waals surface area contributed by atoms with Gasteiger partial charge in [0.2, 0.25) is 5.89 Å². The number of nitrogens with zero attached hydrogens (tertiary/aromatic N) is 4. The quantitative estimate of drug-likeness (QED) is 0.213. The van der Waals surface area contributed by atoms with Crippen LogP contribution in [0, 0.1) is 5.82 Å². The number of alkyl halides is 3. The van der Waals surface area contributed by atoms with Crippen LogP contribution in [0.4, 0.5) is 17.6 Å². The van der Waals surface area contributed by atoms with Crippen molar-refractivity contribution in [2.24, 2.45) is 0 Å². The molecule has 0 saturated heterocycles. The molecule has 5 nitrogen and oxygen atoms in total. The summed E-state index contributed by atoms with van der Waals surface area (Å²) in [5.41, 5.74) is 1.19. The molecule has 0 unspecified atom stereocenters. The van der Waals surface area contributed by atoms with E-state index in [-0.39, 0.29) is 16.9 Å². The lowest BCUT2D eigenvalue weighted by atomic mass is 10.1. The average Bonchev–Trinajstić information content (AvgIpc) is 3.42. The summed E-state index contributed by atoms with van der Waals surface area (Å²) in [6, 6.07) is 12.5.